The highest BCUT2D eigenvalue weighted by atomic mass is 16.7. The minimum Gasteiger partial charge on any atom is -0.346 e. The zero-order valence-corrected chi connectivity index (χ0v) is 12.7. The lowest BCUT2D eigenvalue weighted by Crippen LogP contribution is -2.37. The van der Waals surface area contributed by atoms with Crippen molar-refractivity contribution in [1.29, 1.82) is 0 Å². The Morgan fingerprint density at radius 3 is 2.91 bits per heavy atom. The molecule has 2 aliphatic rings. The van der Waals surface area contributed by atoms with Crippen molar-refractivity contribution in [2.75, 3.05) is 26.3 Å². The van der Waals surface area contributed by atoms with Gasteiger partial charge in [-0.25, -0.2) is 9.48 Å². The van der Waals surface area contributed by atoms with Crippen LogP contribution in [0, 0.1) is 0 Å². The molecule has 4 heterocycles. The summed E-state index contributed by atoms with van der Waals surface area (Å²) in [5.41, 5.74) is 0.353. The van der Waals surface area contributed by atoms with Gasteiger partial charge in [0.25, 0.3) is 0 Å². The maximum Gasteiger partial charge on any atom is 0.350 e. The Morgan fingerprint density at radius 2 is 2.13 bits per heavy atom. The van der Waals surface area contributed by atoms with Crippen LogP contribution in [-0.4, -0.2) is 57.1 Å². The first kappa shape index (κ1) is 14.4. The molecule has 0 saturated carbocycles. The Kier molecular flexibility index (Phi) is 3.42. The van der Waals surface area contributed by atoms with E-state index < -0.39 is 5.79 Å². The van der Waals surface area contributed by atoms with Gasteiger partial charge in [0.1, 0.15) is 0 Å². The normalized spacial score (nSPS) is 19.9. The second-order valence-electron chi connectivity index (χ2n) is 5.86. The first-order chi connectivity index (χ1) is 11.2. The molecule has 2 aromatic rings. The van der Waals surface area contributed by atoms with Gasteiger partial charge in [-0.2, -0.15) is 0 Å². The molecule has 0 radical (unpaired) electrons. The summed E-state index contributed by atoms with van der Waals surface area (Å²) in [7, 11) is 0. The van der Waals surface area contributed by atoms with E-state index in [0.29, 0.717) is 38.4 Å². The summed E-state index contributed by atoms with van der Waals surface area (Å²) in [5.74, 6) is -0.611. The molecule has 0 aromatic carbocycles. The van der Waals surface area contributed by atoms with Crippen LogP contribution < -0.4 is 5.69 Å². The van der Waals surface area contributed by atoms with Gasteiger partial charge >= 0.3 is 5.69 Å². The van der Waals surface area contributed by atoms with Crippen LogP contribution in [0.4, 0.5) is 0 Å². The van der Waals surface area contributed by atoms with Gasteiger partial charge in [-0.05, 0) is 12.1 Å². The Bertz CT molecular complexity index is 790. The van der Waals surface area contributed by atoms with Crippen molar-refractivity contribution in [3.8, 4) is 0 Å². The summed E-state index contributed by atoms with van der Waals surface area (Å²) in [4.78, 5) is 26.3. The number of hydrogen-bond donors (Lipinski definition) is 0. The van der Waals surface area contributed by atoms with Crippen LogP contribution in [0.25, 0.3) is 5.65 Å². The van der Waals surface area contributed by atoms with Crippen LogP contribution in [0.2, 0.25) is 0 Å². The lowest BCUT2D eigenvalue weighted by molar-refractivity contribution is -0.152. The largest absolute Gasteiger partial charge is 0.350 e. The smallest absolute Gasteiger partial charge is 0.346 e. The Labute approximate surface area is 132 Å². The molecule has 1 spiro atoms. The second-order valence-corrected chi connectivity index (χ2v) is 5.86. The SMILES string of the molecule is O=C(CCn1nc2ccccn2c1=O)N1CCC2(C1)OCCO2. The highest BCUT2D eigenvalue weighted by Gasteiger charge is 2.44. The van der Waals surface area contributed by atoms with Gasteiger partial charge in [0.05, 0.1) is 26.3 Å². The van der Waals surface area contributed by atoms with Crippen molar-refractivity contribution >= 4 is 11.6 Å². The highest BCUT2D eigenvalue weighted by molar-refractivity contribution is 5.76. The standard InChI is InChI=1S/C15H18N4O4/c20-13(17-8-5-15(11-17)22-9-10-23-15)4-7-19-14(21)18-6-2-1-3-12(18)16-19/h1-3,6H,4-5,7-11H2. The number of hydrogen-bond acceptors (Lipinski definition) is 5. The maximum absolute atomic E-state index is 12.4. The van der Waals surface area contributed by atoms with E-state index in [2.05, 4.69) is 5.10 Å². The summed E-state index contributed by atoms with van der Waals surface area (Å²) >= 11 is 0. The van der Waals surface area contributed by atoms with Crippen LogP contribution in [0.15, 0.2) is 29.2 Å². The third-order valence-electron chi connectivity index (χ3n) is 4.39. The van der Waals surface area contributed by atoms with Crippen LogP contribution in [0.3, 0.4) is 0 Å². The summed E-state index contributed by atoms with van der Waals surface area (Å²) < 4.78 is 14.0. The number of nitrogens with zero attached hydrogens (tertiary/aromatic N) is 4. The zero-order chi connectivity index (χ0) is 15.9. The second kappa shape index (κ2) is 5.47. The van der Waals surface area contributed by atoms with Crippen molar-refractivity contribution in [2.24, 2.45) is 0 Å². The van der Waals surface area contributed by atoms with Gasteiger partial charge in [0.15, 0.2) is 11.4 Å². The minimum absolute atomic E-state index is 0.00932. The Hall–Kier alpha value is -2.19. The third kappa shape index (κ3) is 2.53. The molecule has 0 atom stereocenters. The molecule has 2 aliphatic heterocycles. The van der Waals surface area contributed by atoms with Gasteiger partial charge < -0.3 is 14.4 Å². The molecule has 0 N–H and O–H groups in total. The molecular weight excluding hydrogens is 300 g/mol. The minimum atomic E-state index is -0.602. The molecule has 4 rings (SSSR count). The highest BCUT2D eigenvalue weighted by Crippen LogP contribution is 2.30. The zero-order valence-electron chi connectivity index (χ0n) is 12.7. The molecule has 8 heteroatoms. The van der Waals surface area contributed by atoms with E-state index in [-0.39, 0.29) is 24.6 Å². The van der Waals surface area contributed by atoms with E-state index in [1.165, 1.54) is 9.08 Å². The van der Waals surface area contributed by atoms with Crippen LogP contribution in [-0.2, 0) is 20.8 Å². The van der Waals surface area contributed by atoms with Gasteiger partial charge in [-0.3, -0.25) is 9.20 Å². The molecule has 0 bridgehead atoms. The van der Waals surface area contributed by atoms with E-state index in [4.69, 9.17) is 9.47 Å². The topological polar surface area (TPSA) is 78.1 Å². The average molecular weight is 318 g/mol. The van der Waals surface area contributed by atoms with E-state index in [0.717, 1.165) is 0 Å². The molecule has 2 saturated heterocycles. The average Bonchev–Trinajstić information content (AvgIpc) is 3.27. The summed E-state index contributed by atoms with van der Waals surface area (Å²) in [6.07, 6.45) is 2.61. The predicted molar refractivity (Wildman–Crippen MR) is 79.9 cm³/mol. The van der Waals surface area contributed by atoms with Crippen molar-refractivity contribution in [3.05, 3.63) is 34.9 Å². The lowest BCUT2D eigenvalue weighted by Gasteiger charge is -2.22. The number of pyridine rings is 1. The number of ether oxygens (including phenoxy) is 2. The molecule has 0 unspecified atom stereocenters. The number of amides is 1. The first-order valence-electron chi connectivity index (χ1n) is 7.77. The van der Waals surface area contributed by atoms with Gasteiger partial charge in [-0.1, -0.05) is 6.07 Å². The van der Waals surface area contributed by atoms with E-state index in [1.54, 1.807) is 23.2 Å². The molecule has 8 nitrogen and oxygen atoms in total. The van der Waals surface area contributed by atoms with Gasteiger partial charge in [0.2, 0.25) is 5.91 Å². The van der Waals surface area contributed by atoms with Crippen LogP contribution >= 0.6 is 0 Å². The third-order valence-corrected chi connectivity index (χ3v) is 4.39. The monoisotopic (exact) mass is 318 g/mol. The van der Waals surface area contributed by atoms with Crippen molar-refractivity contribution in [1.82, 2.24) is 19.1 Å². The fraction of sp³-hybridized carbons (Fsp3) is 0.533. The summed E-state index contributed by atoms with van der Waals surface area (Å²) in [5, 5.41) is 4.23. The van der Waals surface area contributed by atoms with Crippen molar-refractivity contribution in [3.63, 3.8) is 0 Å². The molecule has 1 amide bonds. The molecule has 0 aliphatic carbocycles. The number of rotatable bonds is 3. The Balaban J connectivity index is 1.41. The maximum atomic E-state index is 12.4. The molecule has 2 fully saturated rings. The van der Waals surface area contributed by atoms with E-state index in [9.17, 15) is 9.59 Å². The number of carbonyl (C=O) groups is 1. The summed E-state index contributed by atoms with van der Waals surface area (Å²) in [6.45, 7) is 2.52. The molecule has 122 valence electrons. The number of aromatic nitrogens is 3. The number of carbonyl (C=O) groups excluding carboxylic acids is 1. The van der Waals surface area contributed by atoms with E-state index >= 15 is 0 Å². The van der Waals surface area contributed by atoms with Gasteiger partial charge in [0, 0.05) is 25.6 Å². The van der Waals surface area contributed by atoms with Crippen molar-refractivity contribution in [2.45, 2.75) is 25.2 Å². The van der Waals surface area contributed by atoms with E-state index in [1.807, 2.05) is 6.07 Å². The predicted octanol–water partition coefficient (Wildman–Crippen LogP) is -0.138. The lowest BCUT2D eigenvalue weighted by atomic mass is 10.2. The van der Waals surface area contributed by atoms with Gasteiger partial charge in [-0.15, -0.1) is 5.10 Å². The fourth-order valence-corrected chi connectivity index (χ4v) is 3.17. The van der Waals surface area contributed by atoms with Crippen molar-refractivity contribution < 1.29 is 14.3 Å². The quantitative estimate of drug-likeness (QED) is 0.787. The number of fused-ring (bicyclic) bond motifs is 1. The Morgan fingerprint density at radius 1 is 1.30 bits per heavy atom. The fourth-order valence-electron chi connectivity index (χ4n) is 3.17. The molecular formula is C15H18N4O4. The van der Waals surface area contributed by atoms with Crippen LogP contribution in [0.5, 0.6) is 0 Å². The first-order valence-corrected chi connectivity index (χ1v) is 7.77. The molecule has 2 aromatic heterocycles. The van der Waals surface area contributed by atoms with Crippen LogP contribution in [0.1, 0.15) is 12.8 Å². The number of aryl methyl sites for hydroxylation is 1. The summed E-state index contributed by atoms with van der Waals surface area (Å²) in [6, 6.07) is 5.36. The molecule has 23 heavy (non-hydrogen) atoms. The number of likely N-dealkylation sites (tertiary alicyclic amines) is 1.